The van der Waals surface area contributed by atoms with Gasteiger partial charge in [0.25, 0.3) is 0 Å². The molecule has 16 heavy (non-hydrogen) atoms. The minimum absolute atomic E-state index is 0.356. The lowest BCUT2D eigenvalue weighted by Crippen LogP contribution is -2.04. The van der Waals surface area contributed by atoms with E-state index in [2.05, 4.69) is 5.10 Å². The van der Waals surface area contributed by atoms with Gasteiger partial charge >= 0.3 is 10.2 Å². The van der Waals surface area contributed by atoms with E-state index in [0.29, 0.717) is 17.3 Å². The van der Waals surface area contributed by atoms with Gasteiger partial charge in [-0.2, -0.15) is 13.5 Å². The molecule has 6 heteroatoms. The molecule has 1 aliphatic rings. The van der Waals surface area contributed by atoms with E-state index in [1.165, 1.54) is 12.8 Å². The normalized spacial score (nSPS) is 18.1. The predicted molar refractivity (Wildman–Crippen MR) is 58.2 cm³/mol. The quantitative estimate of drug-likeness (QED) is 0.767. The van der Waals surface area contributed by atoms with Crippen LogP contribution in [0.5, 0.6) is 0 Å². The summed E-state index contributed by atoms with van der Waals surface area (Å²) >= 11 is 0. The van der Waals surface area contributed by atoms with Crippen LogP contribution in [0.25, 0.3) is 0 Å². The van der Waals surface area contributed by atoms with Crippen molar-refractivity contribution < 1.29 is 12.3 Å². The zero-order valence-corrected chi connectivity index (χ0v) is 10.0. The van der Waals surface area contributed by atoms with Gasteiger partial charge in [0.15, 0.2) is 0 Å². The molecule has 1 saturated carbocycles. The van der Waals surface area contributed by atoms with Gasteiger partial charge in [-0.25, -0.2) is 0 Å². The van der Waals surface area contributed by atoms with Crippen molar-refractivity contribution >= 4 is 10.2 Å². The Morgan fingerprint density at radius 2 is 2.12 bits per heavy atom. The highest BCUT2D eigenvalue weighted by Crippen LogP contribution is 2.29. The second kappa shape index (κ2) is 4.16. The molecular formula is C10H15FN2O2S. The third kappa shape index (κ3) is 2.61. The first-order valence-corrected chi connectivity index (χ1v) is 6.98. The largest absolute Gasteiger partial charge is 0.306 e. The van der Waals surface area contributed by atoms with Crippen LogP contribution in [0.1, 0.15) is 43.0 Å². The third-order valence-electron chi connectivity index (χ3n) is 3.05. The Bertz CT molecular complexity index is 475. The molecule has 1 fully saturated rings. The van der Waals surface area contributed by atoms with Gasteiger partial charge < -0.3 is 0 Å². The number of halogens is 1. The maximum atomic E-state index is 12.6. The molecule has 0 N–H and O–H groups in total. The van der Waals surface area contributed by atoms with Gasteiger partial charge in [0.05, 0.1) is 11.7 Å². The average molecular weight is 246 g/mol. The Morgan fingerprint density at radius 3 is 2.69 bits per heavy atom. The number of aromatic nitrogens is 2. The Morgan fingerprint density at radius 1 is 1.50 bits per heavy atom. The van der Waals surface area contributed by atoms with E-state index in [-0.39, 0.29) is 0 Å². The zero-order valence-electron chi connectivity index (χ0n) is 9.19. The highest BCUT2D eigenvalue weighted by atomic mass is 32.3. The van der Waals surface area contributed by atoms with Gasteiger partial charge in [0, 0.05) is 11.8 Å². The van der Waals surface area contributed by atoms with Gasteiger partial charge in [-0.1, -0.05) is 12.8 Å². The minimum atomic E-state index is -4.46. The van der Waals surface area contributed by atoms with Crippen molar-refractivity contribution in [1.82, 2.24) is 9.78 Å². The SMILES string of the molecule is Cc1nn(C2CCCC2)cc1CS(=O)(=O)F. The summed E-state index contributed by atoms with van der Waals surface area (Å²) in [5.74, 6) is -0.564. The van der Waals surface area contributed by atoms with Gasteiger partial charge in [-0.05, 0) is 19.8 Å². The Balaban J connectivity index is 2.21. The van der Waals surface area contributed by atoms with Gasteiger partial charge in [-0.15, -0.1) is 3.89 Å². The van der Waals surface area contributed by atoms with E-state index in [0.717, 1.165) is 12.8 Å². The van der Waals surface area contributed by atoms with Crippen LogP contribution >= 0.6 is 0 Å². The molecule has 0 amide bonds. The van der Waals surface area contributed by atoms with Gasteiger partial charge in [0.2, 0.25) is 0 Å². The number of hydrogen-bond donors (Lipinski definition) is 0. The summed E-state index contributed by atoms with van der Waals surface area (Å²) in [6.07, 6.45) is 6.18. The van der Waals surface area contributed by atoms with E-state index in [4.69, 9.17) is 0 Å². The topological polar surface area (TPSA) is 52.0 Å². The molecule has 4 nitrogen and oxygen atoms in total. The maximum Gasteiger partial charge on any atom is 0.306 e. The zero-order chi connectivity index (χ0) is 11.8. The third-order valence-corrected chi connectivity index (χ3v) is 3.70. The molecule has 0 atom stereocenters. The van der Waals surface area contributed by atoms with E-state index in [1.54, 1.807) is 17.8 Å². The van der Waals surface area contributed by atoms with Crippen molar-refractivity contribution in [2.75, 3.05) is 0 Å². The Kier molecular flexibility index (Phi) is 3.01. The molecule has 1 aromatic heterocycles. The molecule has 0 radical (unpaired) electrons. The fourth-order valence-corrected chi connectivity index (χ4v) is 2.86. The van der Waals surface area contributed by atoms with Crippen molar-refractivity contribution in [3.05, 3.63) is 17.5 Å². The van der Waals surface area contributed by atoms with Crippen LogP contribution in [-0.2, 0) is 16.0 Å². The summed E-state index contributed by atoms with van der Waals surface area (Å²) < 4.78 is 35.5. The van der Waals surface area contributed by atoms with Gasteiger partial charge in [-0.3, -0.25) is 4.68 Å². The lowest BCUT2D eigenvalue weighted by molar-refractivity contribution is 0.464. The summed E-state index contributed by atoms with van der Waals surface area (Å²) in [4.78, 5) is 0. The summed E-state index contributed by atoms with van der Waals surface area (Å²) in [5.41, 5.74) is 1.07. The molecule has 0 spiro atoms. The molecule has 0 aromatic carbocycles. The molecule has 0 unspecified atom stereocenters. The predicted octanol–water partition coefficient (Wildman–Crippen LogP) is 2.11. The van der Waals surface area contributed by atoms with E-state index in [9.17, 15) is 12.3 Å². The van der Waals surface area contributed by atoms with Crippen LogP contribution < -0.4 is 0 Å². The van der Waals surface area contributed by atoms with Crippen molar-refractivity contribution in [3.8, 4) is 0 Å². The summed E-state index contributed by atoms with van der Waals surface area (Å²) in [5, 5.41) is 4.26. The van der Waals surface area contributed by atoms with E-state index >= 15 is 0 Å². The number of rotatable bonds is 3. The fraction of sp³-hybridized carbons (Fsp3) is 0.700. The number of aryl methyl sites for hydroxylation is 1. The number of nitrogens with zero attached hydrogens (tertiary/aromatic N) is 2. The molecule has 0 saturated heterocycles. The summed E-state index contributed by atoms with van der Waals surface area (Å²) in [6, 6.07) is 0.356. The first-order chi connectivity index (χ1) is 7.46. The molecule has 0 aliphatic heterocycles. The van der Waals surface area contributed by atoms with Crippen LogP contribution in [0.3, 0.4) is 0 Å². The molecule has 1 aromatic rings. The monoisotopic (exact) mass is 246 g/mol. The highest BCUT2D eigenvalue weighted by molar-refractivity contribution is 7.85. The Hall–Kier alpha value is -0.910. The lowest BCUT2D eigenvalue weighted by Gasteiger charge is -2.08. The fourth-order valence-electron chi connectivity index (χ4n) is 2.20. The summed E-state index contributed by atoms with van der Waals surface area (Å²) in [7, 11) is -4.46. The molecule has 1 aliphatic carbocycles. The van der Waals surface area contributed by atoms with Crippen LogP contribution in [0, 0.1) is 6.92 Å². The number of hydrogen-bond acceptors (Lipinski definition) is 3. The second-order valence-corrected chi connectivity index (χ2v) is 5.71. The minimum Gasteiger partial charge on any atom is -0.269 e. The van der Waals surface area contributed by atoms with E-state index in [1.807, 2.05) is 0 Å². The maximum absolute atomic E-state index is 12.6. The second-order valence-electron chi connectivity index (χ2n) is 4.34. The smallest absolute Gasteiger partial charge is 0.269 e. The first-order valence-electron chi connectivity index (χ1n) is 5.43. The standard InChI is InChI=1S/C10H15FN2O2S/c1-8-9(7-16(11,14)15)6-13(12-8)10-4-2-3-5-10/h6,10H,2-5,7H2,1H3. The van der Waals surface area contributed by atoms with Crippen LogP contribution in [-0.4, -0.2) is 18.2 Å². The van der Waals surface area contributed by atoms with Crippen molar-refractivity contribution in [3.63, 3.8) is 0 Å². The Labute approximate surface area is 94.7 Å². The average Bonchev–Trinajstić information content (AvgIpc) is 2.73. The highest BCUT2D eigenvalue weighted by Gasteiger charge is 2.20. The molecule has 1 heterocycles. The van der Waals surface area contributed by atoms with Gasteiger partial charge in [0.1, 0.15) is 5.75 Å². The molecule has 2 rings (SSSR count). The van der Waals surface area contributed by atoms with Crippen LogP contribution in [0.2, 0.25) is 0 Å². The van der Waals surface area contributed by atoms with Crippen molar-refractivity contribution in [2.24, 2.45) is 0 Å². The van der Waals surface area contributed by atoms with Crippen LogP contribution in [0.4, 0.5) is 3.89 Å². The van der Waals surface area contributed by atoms with E-state index < -0.39 is 16.0 Å². The first kappa shape index (κ1) is 11.6. The van der Waals surface area contributed by atoms with Crippen LogP contribution in [0.15, 0.2) is 6.20 Å². The summed E-state index contributed by atoms with van der Waals surface area (Å²) in [6.45, 7) is 1.71. The molecule has 0 bridgehead atoms. The lowest BCUT2D eigenvalue weighted by atomic mass is 10.2. The van der Waals surface area contributed by atoms with Crippen molar-refractivity contribution in [1.29, 1.82) is 0 Å². The molecular weight excluding hydrogens is 231 g/mol. The molecule has 90 valence electrons. The van der Waals surface area contributed by atoms with Crippen molar-refractivity contribution in [2.45, 2.75) is 44.4 Å².